The van der Waals surface area contributed by atoms with Gasteiger partial charge < -0.3 is 0 Å². The van der Waals surface area contributed by atoms with Crippen LogP contribution < -0.4 is 0 Å². The van der Waals surface area contributed by atoms with Crippen molar-refractivity contribution >= 4 is 0 Å². The van der Waals surface area contributed by atoms with Crippen LogP contribution in [0.1, 0.15) is 6.42 Å². The fourth-order valence-electron chi connectivity index (χ4n) is 1.68. The van der Waals surface area contributed by atoms with Crippen LogP contribution in [0.15, 0.2) is 96.2 Å². The number of rotatable bonds is 2. The average Bonchev–Trinajstić information content (AvgIpc) is 2.24. The van der Waals surface area contributed by atoms with Crippen LogP contribution in [0.2, 0.25) is 0 Å². The van der Waals surface area contributed by atoms with Crippen LogP contribution >= 0.6 is 0 Å². The summed E-state index contributed by atoms with van der Waals surface area (Å²) >= 11 is 0. The van der Waals surface area contributed by atoms with Crippen LogP contribution in [0.4, 0.5) is 0 Å². The molecule has 0 nitrogen and oxygen atoms in total. The predicted molar refractivity (Wildman–Crippen MR) is 75.6 cm³/mol. The Morgan fingerprint density at radius 3 is 1.41 bits per heavy atom. The van der Waals surface area contributed by atoms with Crippen molar-refractivity contribution in [1.82, 2.24) is 0 Å². The second kappa shape index (κ2) is 6.49. The standard InChI is InChI=1S/C17H16/c1-3-7-11-16(12-8-4-1)15-17-13-9-5-2-6-10-14-17/h1-14H,15H2. The third kappa shape index (κ3) is 4.12. The van der Waals surface area contributed by atoms with Crippen LogP contribution in [0.25, 0.3) is 0 Å². The molecule has 0 radical (unpaired) electrons. The largest absolute Gasteiger partial charge is 0.0623 e. The van der Waals surface area contributed by atoms with Crippen molar-refractivity contribution in [1.29, 1.82) is 0 Å². The SMILES string of the molecule is C1=CC=CC(CC2=CC=CC=CC=C2)=CC=C1. The molecule has 84 valence electrons. The van der Waals surface area contributed by atoms with Gasteiger partial charge in [0.25, 0.3) is 0 Å². The van der Waals surface area contributed by atoms with Crippen molar-refractivity contribution in [2.45, 2.75) is 6.42 Å². The lowest BCUT2D eigenvalue weighted by Gasteiger charge is -2.04. The lowest BCUT2D eigenvalue weighted by molar-refractivity contribution is 1.20. The van der Waals surface area contributed by atoms with Gasteiger partial charge in [-0.15, -0.1) is 0 Å². The zero-order valence-electron chi connectivity index (χ0n) is 9.79. The fraction of sp³-hybridized carbons (Fsp3) is 0.0588. The normalized spacial score (nSPS) is 18.1. The Balaban J connectivity index is 2.10. The minimum absolute atomic E-state index is 0.962. The van der Waals surface area contributed by atoms with Gasteiger partial charge in [-0.05, 0) is 17.6 Å². The first-order valence-electron chi connectivity index (χ1n) is 5.86. The van der Waals surface area contributed by atoms with Crippen molar-refractivity contribution in [2.24, 2.45) is 0 Å². The molecule has 0 spiro atoms. The summed E-state index contributed by atoms with van der Waals surface area (Å²) in [5.74, 6) is 0. The molecular weight excluding hydrogens is 204 g/mol. The first-order valence-corrected chi connectivity index (χ1v) is 5.86. The Hall–Kier alpha value is -2.08. The van der Waals surface area contributed by atoms with Gasteiger partial charge in [-0.3, -0.25) is 0 Å². The third-order valence-electron chi connectivity index (χ3n) is 2.54. The Kier molecular flexibility index (Phi) is 4.36. The highest BCUT2D eigenvalue weighted by molar-refractivity contribution is 5.39. The lowest BCUT2D eigenvalue weighted by Crippen LogP contribution is -1.84. The van der Waals surface area contributed by atoms with E-state index in [0.29, 0.717) is 0 Å². The molecule has 0 unspecified atom stereocenters. The molecule has 0 heterocycles. The minimum atomic E-state index is 0.962. The molecule has 0 bridgehead atoms. The molecule has 0 fully saturated rings. The van der Waals surface area contributed by atoms with E-state index in [0.717, 1.165) is 6.42 Å². The molecule has 0 aliphatic heterocycles. The number of hydrogen-bond acceptors (Lipinski definition) is 0. The topological polar surface area (TPSA) is 0 Å². The summed E-state index contributed by atoms with van der Waals surface area (Å²) in [5, 5.41) is 0. The van der Waals surface area contributed by atoms with Crippen LogP contribution in [0.5, 0.6) is 0 Å². The third-order valence-corrected chi connectivity index (χ3v) is 2.54. The molecule has 0 saturated heterocycles. The molecule has 0 amide bonds. The molecule has 0 N–H and O–H groups in total. The van der Waals surface area contributed by atoms with Crippen LogP contribution in [0, 0.1) is 0 Å². The van der Waals surface area contributed by atoms with E-state index in [1.807, 2.05) is 12.2 Å². The van der Waals surface area contributed by atoms with Crippen LogP contribution in [-0.2, 0) is 0 Å². The van der Waals surface area contributed by atoms with E-state index < -0.39 is 0 Å². The number of hydrogen-bond donors (Lipinski definition) is 0. The molecular formula is C17H16. The summed E-state index contributed by atoms with van der Waals surface area (Å²) in [7, 11) is 0. The van der Waals surface area contributed by atoms with Gasteiger partial charge in [-0.1, -0.05) is 85.1 Å². The Bertz CT molecular complexity index is 440. The van der Waals surface area contributed by atoms with Crippen molar-refractivity contribution in [2.75, 3.05) is 0 Å². The van der Waals surface area contributed by atoms with E-state index in [-0.39, 0.29) is 0 Å². The molecule has 0 heteroatoms. The molecule has 0 aromatic carbocycles. The smallest absolute Gasteiger partial charge is 0.00258 e. The summed E-state index contributed by atoms with van der Waals surface area (Å²) in [4.78, 5) is 0. The van der Waals surface area contributed by atoms with Gasteiger partial charge in [0.05, 0.1) is 0 Å². The Morgan fingerprint density at radius 1 is 0.471 bits per heavy atom. The zero-order valence-corrected chi connectivity index (χ0v) is 9.79. The summed E-state index contributed by atoms with van der Waals surface area (Å²) in [6, 6.07) is 0. The van der Waals surface area contributed by atoms with Crippen molar-refractivity contribution in [3.8, 4) is 0 Å². The molecule has 0 atom stereocenters. The summed E-state index contributed by atoms with van der Waals surface area (Å²) < 4.78 is 0. The van der Waals surface area contributed by atoms with E-state index in [1.54, 1.807) is 0 Å². The van der Waals surface area contributed by atoms with Gasteiger partial charge in [-0.25, -0.2) is 0 Å². The maximum absolute atomic E-state index is 2.16. The van der Waals surface area contributed by atoms with Gasteiger partial charge >= 0.3 is 0 Å². The molecule has 2 aliphatic carbocycles. The summed E-state index contributed by atoms with van der Waals surface area (Å²) in [5.41, 5.74) is 2.64. The number of allylic oxidation sites excluding steroid dienone is 16. The van der Waals surface area contributed by atoms with Gasteiger partial charge in [-0.2, -0.15) is 0 Å². The Morgan fingerprint density at radius 2 is 0.882 bits per heavy atom. The minimum Gasteiger partial charge on any atom is -0.0623 e. The predicted octanol–water partition coefficient (Wildman–Crippen LogP) is 4.59. The Labute approximate surface area is 103 Å². The maximum Gasteiger partial charge on any atom is -0.00258 e. The van der Waals surface area contributed by atoms with Gasteiger partial charge in [0.1, 0.15) is 0 Å². The molecule has 17 heavy (non-hydrogen) atoms. The van der Waals surface area contributed by atoms with E-state index >= 15 is 0 Å². The quantitative estimate of drug-likeness (QED) is 0.638. The zero-order chi connectivity index (χ0) is 11.8. The van der Waals surface area contributed by atoms with E-state index in [4.69, 9.17) is 0 Å². The van der Waals surface area contributed by atoms with E-state index in [2.05, 4.69) is 72.9 Å². The monoisotopic (exact) mass is 220 g/mol. The van der Waals surface area contributed by atoms with Gasteiger partial charge in [0.2, 0.25) is 0 Å². The highest BCUT2D eigenvalue weighted by atomic mass is 14.0. The maximum atomic E-state index is 2.16. The first kappa shape index (κ1) is 11.4. The van der Waals surface area contributed by atoms with Crippen LogP contribution in [0.3, 0.4) is 0 Å². The molecule has 0 saturated carbocycles. The van der Waals surface area contributed by atoms with Gasteiger partial charge in [0, 0.05) is 0 Å². The molecule has 2 rings (SSSR count). The molecule has 0 aromatic rings. The first-order chi connectivity index (χ1) is 8.45. The summed E-state index contributed by atoms with van der Waals surface area (Å²) in [6.07, 6.45) is 30.2. The summed E-state index contributed by atoms with van der Waals surface area (Å²) in [6.45, 7) is 0. The highest BCUT2D eigenvalue weighted by Gasteiger charge is 1.96. The molecule has 0 aromatic heterocycles. The van der Waals surface area contributed by atoms with Crippen molar-refractivity contribution in [3.63, 3.8) is 0 Å². The molecule has 2 aliphatic rings. The highest BCUT2D eigenvalue weighted by Crippen LogP contribution is 2.16. The van der Waals surface area contributed by atoms with Crippen LogP contribution in [-0.4, -0.2) is 0 Å². The second-order valence-corrected chi connectivity index (χ2v) is 3.92. The second-order valence-electron chi connectivity index (χ2n) is 3.92. The van der Waals surface area contributed by atoms with E-state index in [1.165, 1.54) is 11.1 Å². The van der Waals surface area contributed by atoms with E-state index in [9.17, 15) is 0 Å². The average molecular weight is 220 g/mol. The fourth-order valence-corrected chi connectivity index (χ4v) is 1.68. The van der Waals surface area contributed by atoms with Gasteiger partial charge in [0.15, 0.2) is 0 Å². The van der Waals surface area contributed by atoms with Crippen molar-refractivity contribution in [3.05, 3.63) is 96.2 Å². The lowest BCUT2D eigenvalue weighted by atomic mass is 10.0. The van der Waals surface area contributed by atoms with Crippen molar-refractivity contribution < 1.29 is 0 Å².